The van der Waals surface area contributed by atoms with Crippen LogP contribution in [0.5, 0.6) is 0 Å². The summed E-state index contributed by atoms with van der Waals surface area (Å²) in [5, 5.41) is 22.0. The second-order valence-electron chi connectivity index (χ2n) is 6.66. The SMILES string of the molecule is CC/C=C/CCC(O)C[N+](CCCC)(CCCC)C(C)C(=O)[O-]. The van der Waals surface area contributed by atoms with Gasteiger partial charge in [0.05, 0.1) is 19.1 Å². The van der Waals surface area contributed by atoms with Gasteiger partial charge in [0, 0.05) is 0 Å². The highest BCUT2D eigenvalue weighted by molar-refractivity contribution is 5.69. The number of carboxylic acids is 1. The number of rotatable bonds is 14. The third-order valence-corrected chi connectivity index (χ3v) is 4.72. The lowest BCUT2D eigenvalue weighted by Crippen LogP contribution is -2.63. The molecule has 0 aliphatic carbocycles. The van der Waals surface area contributed by atoms with Crippen LogP contribution in [-0.2, 0) is 4.79 Å². The molecule has 0 aromatic heterocycles. The Morgan fingerprint density at radius 1 is 1.13 bits per heavy atom. The molecule has 0 radical (unpaired) electrons. The van der Waals surface area contributed by atoms with Crippen LogP contribution >= 0.6 is 0 Å². The number of carbonyl (C=O) groups is 1. The highest BCUT2D eigenvalue weighted by Crippen LogP contribution is 2.20. The zero-order valence-electron chi connectivity index (χ0n) is 15.6. The molecule has 0 saturated heterocycles. The molecule has 0 aliphatic rings. The zero-order valence-corrected chi connectivity index (χ0v) is 15.6. The Bertz CT molecular complexity index is 334. The number of nitrogens with zero attached hydrogens (tertiary/aromatic N) is 1. The van der Waals surface area contributed by atoms with Gasteiger partial charge in [-0.1, -0.05) is 45.8 Å². The third-order valence-electron chi connectivity index (χ3n) is 4.72. The second kappa shape index (κ2) is 12.5. The molecule has 0 heterocycles. The summed E-state index contributed by atoms with van der Waals surface area (Å²) in [6, 6.07) is -0.575. The summed E-state index contributed by atoms with van der Waals surface area (Å²) in [6.07, 6.45) is 10.3. The molecule has 0 aromatic carbocycles. The first kappa shape index (κ1) is 22.1. The molecule has 2 atom stereocenters. The molecule has 2 unspecified atom stereocenters. The molecule has 0 rings (SSSR count). The van der Waals surface area contributed by atoms with Crippen molar-refractivity contribution in [2.75, 3.05) is 19.6 Å². The number of hydrogen-bond donors (Lipinski definition) is 1. The minimum atomic E-state index is -1.00. The van der Waals surface area contributed by atoms with Crippen LogP contribution in [0.3, 0.4) is 0 Å². The van der Waals surface area contributed by atoms with Crippen LogP contribution in [0.2, 0.25) is 0 Å². The van der Waals surface area contributed by atoms with Gasteiger partial charge < -0.3 is 19.5 Å². The van der Waals surface area contributed by atoms with Gasteiger partial charge in [0.15, 0.2) is 0 Å². The molecule has 4 nitrogen and oxygen atoms in total. The van der Waals surface area contributed by atoms with E-state index in [1.54, 1.807) is 6.92 Å². The number of quaternary nitrogens is 1. The van der Waals surface area contributed by atoms with Gasteiger partial charge in [-0.2, -0.15) is 0 Å². The fourth-order valence-corrected chi connectivity index (χ4v) is 3.09. The Morgan fingerprint density at radius 3 is 2.13 bits per heavy atom. The van der Waals surface area contributed by atoms with Crippen molar-refractivity contribution >= 4 is 5.97 Å². The van der Waals surface area contributed by atoms with Gasteiger partial charge in [-0.05, 0) is 39.0 Å². The summed E-state index contributed by atoms with van der Waals surface area (Å²) in [6.45, 7) is 10.2. The normalized spacial score (nSPS) is 15.0. The molecule has 0 bridgehead atoms. The molecular formula is C19H37NO3. The monoisotopic (exact) mass is 327 g/mol. The van der Waals surface area contributed by atoms with Crippen LogP contribution in [0.4, 0.5) is 0 Å². The van der Waals surface area contributed by atoms with Crippen LogP contribution in [0.15, 0.2) is 12.2 Å². The predicted molar refractivity (Wildman–Crippen MR) is 93.8 cm³/mol. The van der Waals surface area contributed by atoms with Gasteiger partial charge in [-0.15, -0.1) is 0 Å². The van der Waals surface area contributed by atoms with E-state index in [9.17, 15) is 15.0 Å². The summed E-state index contributed by atoms with van der Waals surface area (Å²) in [7, 11) is 0. The molecule has 0 amide bonds. The number of unbranched alkanes of at least 4 members (excludes halogenated alkanes) is 2. The van der Waals surface area contributed by atoms with Gasteiger partial charge in [-0.25, -0.2) is 0 Å². The van der Waals surface area contributed by atoms with Crippen LogP contribution in [0.25, 0.3) is 0 Å². The van der Waals surface area contributed by atoms with Crippen molar-refractivity contribution in [3.8, 4) is 0 Å². The van der Waals surface area contributed by atoms with E-state index in [0.717, 1.165) is 51.6 Å². The first-order valence-electron chi connectivity index (χ1n) is 9.33. The quantitative estimate of drug-likeness (QED) is 0.394. The van der Waals surface area contributed by atoms with Gasteiger partial charge in [0.1, 0.15) is 18.7 Å². The lowest BCUT2D eigenvalue weighted by atomic mass is 10.1. The molecule has 1 N–H and O–H groups in total. The van der Waals surface area contributed by atoms with E-state index in [2.05, 4.69) is 32.9 Å². The maximum absolute atomic E-state index is 11.5. The van der Waals surface area contributed by atoms with Crippen molar-refractivity contribution in [2.24, 2.45) is 0 Å². The smallest absolute Gasteiger partial charge is 0.126 e. The molecule has 0 fully saturated rings. The predicted octanol–water partition coefficient (Wildman–Crippen LogP) is 2.65. The van der Waals surface area contributed by atoms with Crippen LogP contribution in [0, 0.1) is 0 Å². The van der Waals surface area contributed by atoms with Crippen molar-refractivity contribution in [2.45, 2.75) is 84.8 Å². The average molecular weight is 328 g/mol. The minimum Gasteiger partial charge on any atom is -0.544 e. The number of allylic oxidation sites excluding steroid dienone is 2. The van der Waals surface area contributed by atoms with E-state index >= 15 is 0 Å². The zero-order chi connectivity index (χ0) is 17.7. The van der Waals surface area contributed by atoms with Crippen molar-refractivity contribution < 1.29 is 19.5 Å². The number of aliphatic hydroxyl groups is 1. The van der Waals surface area contributed by atoms with E-state index in [-0.39, 0.29) is 0 Å². The van der Waals surface area contributed by atoms with E-state index in [4.69, 9.17) is 0 Å². The Morgan fingerprint density at radius 2 is 1.70 bits per heavy atom. The number of hydrogen-bond acceptors (Lipinski definition) is 3. The Hall–Kier alpha value is -0.870. The number of aliphatic carboxylic acids is 1. The Labute approximate surface area is 142 Å². The van der Waals surface area contributed by atoms with Gasteiger partial charge in [0.2, 0.25) is 0 Å². The third kappa shape index (κ3) is 8.52. The lowest BCUT2D eigenvalue weighted by molar-refractivity contribution is -0.946. The van der Waals surface area contributed by atoms with Gasteiger partial charge in [-0.3, -0.25) is 0 Å². The fraction of sp³-hybridized carbons (Fsp3) is 0.842. The van der Waals surface area contributed by atoms with E-state index < -0.39 is 18.1 Å². The van der Waals surface area contributed by atoms with Crippen molar-refractivity contribution in [3.63, 3.8) is 0 Å². The molecular weight excluding hydrogens is 290 g/mol. The molecule has 136 valence electrons. The van der Waals surface area contributed by atoms with E-state index in [1.165, 1.54) is 0 Å². The van der Waals surface area contributed by atoms with Gasteiger partial charge >= 0.3 is 0 Å². The lowest BCUT2D eigenvalue weighted by Gasteiger charge is -2.45. The summed E-state index contributed by atoms with van der Waals surface area (Å²) < 4.78 is 0.447. The number of carbonyl (C=O) groups excluding carboxylic acids is 1. The largest absolute Gasteiger partial charge is 0.544 e. The maximum atomic E-state index is 11.5. The first-order chi connectivity index (χ1) is 10.9. The van der Waals surface area contributed by atoms with Crippen LogP contribution < -0.4 is 5.11 Å². The molecule has 0 spiro atoms. The summed E-state index contributed by atoms with van der Waals surface area (Å²) >= 11 is 0. The first-order valence-corrected chi connectivity index (χ1v) is 9.33. The number of aliphatic hydroxyl groups excluding tert-OH is 1. The number of carboxylic acid groups (broad SMARTS) is 1. The minimum absolute atomic E-state index is 0.447. The van der Waals surface area contributed by atoms with E-state index in [1.807, 2.05) is 0 Å². The molecule has 0 saturated carbocycles. The van der Waals surface area contributed by atoms with Crippen LogP contribution in [0.1, 0.15) is 72.6 Å². The average Bonchev–Trinajstić information content (AvgIpc) is 2.53. The molecule has 0 aromatic rings. The van der Waals surface area contributed by atoms with Crippen molar-refractivity contribution in [1.82, 2.24) is 0 Å². The summed E-state index contributed by atoms with van der Waals surface area (Å²) in [5.41, 5.74) is 0. The highest BCUT2D eigenvalue weighted by atomic mass is 16.4. The summed E-state index contributed by atoms with van der Waals surface area (Å²) in [4.78, 5) is 11.5. The summed E-state index contributed by atoms with van der Waals surface area (Å²) in [5.74, 6) is -1.00. The highest BCUT2D eigenvalue weighted by Gasteiger charge is 2.35. The van der Waals surface area contributed by atoms with E-state index in [0.29, 0.717) is 17.4 Å². The van der Waals surface area contributed by atoms with Gasteiger partial charge in [0.25, 0.3) is 0 Å². The van der Waals surface area contributed by atoms with Crippen molar-refractivity contribution in [3.05, 3.63) is 12.2 Å². The molecule has 23 heavy (non-hydrogen) atoms. The van der Waals surface area contributed by atoms with Crippen LogP contribution in [-0.4, -0.2) is 47.3 Å². The standard InChI is InChI=1S/C19H37NO3/c1-5-8-11-12-13-18(21)16-20(14-9-6-2,15-10-7-3)17(4)19(22)23/h8,11,17-18,21H,5-7,9-10,12-16H2,1-4H3/b11-8+. The Balaban J connectivity index is 5.02. The van der Waals surface area contributed by atoms with Crippen molar-refractivity contribution in [1.29, 1.82) is 0 Å². The topological polar surface area (TPSA) is 60.4 Å². The molecule has 4 heteroatoms. The Kier molecular flexibility index (Phi) is 12.1. The second-order valence-corrected chi connectivity index (χ2v) is 6.66. The fourth-order valence-electron chi connectivity index (χ4n) is 3.09. The molecule has 0 aliphatic heterocycles. The maximum Gasteiger partial charge on any atom is 0.126 e.